The molecule has 21 heavy (non-hydrogen) atoms. The molecule has 6 nitrogen and oxygen atoms in total. The van der Waals surface area contributed by atoms with Gasteiger partial charge in [-0.1, -0.05) is 12.8 Å². The first-order valence-corrected chi connectivity index (χ1v) is 8.06. The maximum absolute atomic E-state index is 12.9. The number of aliphatic hydroxyl groups is 1. The standard InChI is InChI=1S/C15H24N2O4/c18-8-7-16(11-5-6-11)15(21)17-12-4-2-1-3-10(12)9-13(17)14(19)20/h10-13,18H,1-9H2,(H,19,20). The fraction of sp³-hybridized carbons (Fsp3) is 0.867. The van der Waals surface area contributed by atoms with Crippen LogP contribution in [0.2, 0.25) is 0 Å². The highest BCUT2D eigenvalue weighted by Crippen LogP contribution is 2.41. The summed E-state index contributed by atoms with van der Waals surface area (Å²) in [5.74, 6) is -0.559. The number of aliphatic hydroxyl groups excluding tert-OH is 1. The van der Waals surface area contributed by atoms with Gasteiger partial charge in [-0.05, 0) is 38.0 Å². The van der Waals surface area contributed by atoms with Crippen molar-refractivity contribution in [2.75, 3.05) is 13.2 Å². The second-order valence-corrected chi connectivity index (χ2v) is 6.54. The molecule has 0 aromatic rings. The summed E-state index contributed by atoms with van der Waals surface area (Å²) >= 11 is 0. The number of carboxylic acid groups (broad SMARTS) is 1. The van der Waals surface area contributed by atoms with E-state index in [1.54, 1.807) is 9.80 Å². The monoisotopic (exact) mass is 296 g/mol. The summed E-state index contributed by atoms with van der Waals surface area (Å²) in [6, 6.07) is -0.590. The summed E-state index contributed by atoms with van der Waals surface area (Å²) in [4.78, 5) is 27.7. The zero-order valence-electron chi connectivity index (χ0n) is 12.3. The van der Waals surface area contributed by atoms with Crippen molar-refractivity contribution in [3.8, 4) is 0 Å². The zero-order valence-corrected chi connectivity index (χ0v) is 12.3. The largest absolute Gasteiger partial charge is 0.480 e. The number of amides is 2. The Hall–Kier alpha value is -1.30. The van der Waals surface area contributed by atoms with E-state index in [4.69, 9.17) is 0 Å². The van der Waals surface area contributed by atoms with Gasteiger partial charge in [0.2, 0.25) is 0 Å². The van der Waals surface area contributed by atoms with Gasteiger partial charge in [0.25, 0.3) is 0 Å². The smallest absolute Gasteiger partial charge is 0.326 e. The van der Waals surface area contributed by atoms with Crippen molar-refractivity contribution < 1.29 is 19.8 Å². The Bertz CT molecular complexity index is 424. The highest BCUT2D eigenvalue weighted by atomic mass is 16.4. The lowest BCUT2D eigenvalue weighted by atomic mass is 9.85. The molecular weight excluding hydrogens is 272 g/mol. The summed E-state index contributed by atoms with van der Waals surface area (Å²) < 4.78 is 0. The van der Waals surface area contributed by atoms with Crippen molar-refractivity contribution in [3.63, 3.8) is 0 Å². The Kier molecular flexibility index (Phi) is 4.06. The van der Waals surface area contributed by atoms with E-state index in [9.17, 15) is 19.8 Å². The van der Waals surface area contributed by atoms with E-state index in [0.717, 1.165) is 38.5 Å². The van der Waals surface area contributed by atoms with Crippen molar-refractivity contribution >= 4 is 12.0 Å². The van der Waals surface area contributed by atoms with Crippen molar-refractivity contribution in [3.05, 3.63) is 0 Å². The van der Waals surface area contributed by atoms with Gasteiger partial charge in [-0.15, -0.1) is 0 Å². The van der Waals surface area contributed by atoms with E-state index in [1.165, 1.54) is 0 Å². The number of rotatable bonds is 4. The van der Waals surface area contributed by atoms with Crippen LogP contribution in [0.15, 0.2) is 0 Å². The Morgan fingerprint density at radius 3 is 2.48 bits per heavy atom. The van der Waals surface area contributed by atoms with Gasteiger partial charge in [-0.2, -0.15) is 0 Å². The molecule has 0 aromatic carbocycles. The minimum atomic E-state index is -0.891. The fourth-order valence-corrected chi connectivity index (χ4v) is 4.03. The van der Waals surface area contributed by atoms with Crippen molar-refractivity contribution in [2.24, 2.45) is 5.92 Å². The molecule has 2 amide bonds. The molecule has 1 aliphatic heterocycles. The van der Waals surface area contributed by atoms with Gasteiger partial charge in [0.1, 0.15) is 6.04 Å². The number of urea groups is 1. The molecule has 118 valence electrons. The van der Waals surface area contributed by atoms with Crippen LogP contribution in [0, 0.1) is 5.92 Å². The summed E-state index contributed by atoms with van der Waals surface area (Å²) in [7, 11) is 0. The van der Waals surface area contributed by atoms with Crippen LogP contribution < -0.4 is 0 Å². The lowest BCUT2D eigenvalue weighted by Gasteiger charge is -2.36. The van der Waals surface area contributed by atoms with E-state index in [-0.39, 0.29) is 24.7 Å². The Morgan fingerprint density at radius 1 is 1.14 bits per heavy atom. The number of hydrogen-bond acceptors (Lipinski definition) is 3. The lowest BCUT2D eigenvalue weighted by Crippen LogP contribution is -2.53. The third kappa shape index (κ3) is 2.73. The van der Waals surface area contributed by atoms with Crippen LogP contribution in [0.5, 0.6) is 0 Å². The molecule has 1 saturated heterocycles. The zero-order chi connectivity index (χ0) is 15.0. The molecule has 3 aliphatic rings. The van der Waals surface area contributed by atoms with E-state index >= 15 is 0 Å². The third-order valence-corrected chi connectivity index (χ3v) is 5.17. The number of carbonyl (C=O) groups excluding carboxylic acids is 1. The van der Waals surface area contributed by atoms with Crippen LogP contribution in [0.25, 0.3) is 0 Å². The summed E-state index contributed by atoms with van der Waals surface area (Å²) in [5, 5.41) is 18.7. The normalized spacial score (nSPS) is 31.9. The van der Waals surface area contributed by atoms with Crippen molar-refractivity contribution in [1.29, 1.82) is 0 Å². The van der Waals surface area contributed by atoms with Gasteiger partial charge in [-0.3, -0.25) is 0 Å². The molecule has 3 unspecified atom stereocenters. The first kappa shape index (κ1) is 14.6. The average Bonchev–Trinajstić information content (AvgIpc) is 3.23. The van der Waals surface area contributed by atoms with E-state index in [0.29, 0.717) is 18.9 Å². The van der Waals surface area contributed by atoms with Crippen molar-refractivity contribution in [2.45, 2.75) is 63.1 Å². The molecular formula is C15H24N2O4. The maximum atomic E-state index is 12.9. The minimum absolute atomic E-state index is 0.0675. The third-order valence-electron chi connectivity index (χ3n) is 5.17. The Balaban J connectivity index is 1.81. The fourth-order valence-electron chi connectivity index (χ4n) is 4.03. The number of likely N-dealkylation sites (tertiary alicyclic amines) is 1. The molecule has 3 fully saturated rings. The topological polar surface area (TPSA) is 81.1 Å². The molecule has 0 aromatic heterocycles. The van der Waals surface area contributed by atoms with Gasteiger partial charge in [0.05, 0.1) is 6.61 Å². The molecule has 0 radical (unpaired) electrons. The van der Waals surface area contributed by atoms with Crippen molar-refractivity contribution in [1.82, 2.24) is 9.80 Å². The van der Waals surface area contributed by atoms with Gasteiger partial charge in [0.15, 0.2) is 0 Å². The van der Waals surface area contributed by atoms with Crippen LogP contribution in [0.3, 0.4) is 0 Å². The van der Waals surface area contributed by atoms with E-state index in [2.05, 4.69) is 0 Å². The molecule has 6 heteroatoms. The minimum Gasteiger partial charge on any atom is -0.480 e. The van der Waals surface area contributed by atoms with Crippen LogP contribution >= 0.6 is 0 Å². The highest BCUT2D eigenvalue weighted by molar-refractivity contribution is 5.84. The van der Waals surface area contributed by atoms with E-state index in [1.807, 2.05) is 0 Å². The first-order chi connectivity index (χ1) is 10.1. The molecule has 2 saturated carbocycles. The number of carboxylic acids is 1. The van der Waals surface area contributed by atoms with Crippen LogP contribution in [-0.4, -0.2) is 63.3 Å². The maximum Gasteiger partial charge on any atom is 0.326 e. The van der Waals surface area contributed by atoms with Crippen LogP contribution in [0.4, 0.5) is 4.79 Å². The molecule has 3 atom stereocenters. The number of aliphatic carboxylic acids is 1. The number of carbonyl (C=O) groups is 2. The Labute approximate surface area is 124 Å². The number of hydrogen-bond donors (Lipinski definition) is 2. The average molecular weight is 296 g/mol. The predicted molar refractivity (Wildman–Crippen MR) is 75.8 cm³/mol. The van der Waals surface area contributed by atoms with E-state index < -0.39 is 12.0 Å². The molecule has 0 spiro atoms. The summed E-state index contributed by atoms with van der Waals surface area (Å²) in [5.41, 5.74) is 0. The number of nitrogens with zero attached hydrogens (tertiary/aromatic N) is 2. The molecule has 2 N–H and O–H groups in total. The number of fused-ring (bicyclic) bond motifs is 1. The van der Waals surface area contributed by atoms with Crippen LogP contribution in [-0.2, 0) is 4.79 Å². The quantitative estimate of drug-likeness (QED) is 0.819. The Morgan fingerprint density at radius 2 is 1.86 bits per heavy atom. The second kappa shape index (κ2) is 5.83. The summed E-state index contributed by atoms with van der Waals surface area (Å²) in [6.45, 7) is 0.242. The molecule has 2 aliphatic carbocycles. The molecule has 0 bridgehead atoms. The van der Waals surface area contributed by atoms with Gasteiger partial charge in [-0.25, -0.2) is 9.59 Å². The van der Waals surface area contributed by atoms with Gasteiger partial charge < -0.3 is 20.0 Å². The second-order valence-electron chi connectivity index (χ2n) is 6.54. The SMILES string of the molecule is O=C(O)C1CC2CCCCC2N1C(=O)N(CCO)C1CC1. The first-order valence-electron chi connectivity index (χ1n) is 8.06. The highest BCUT2D eigenvalue weighted by Gasteiger charge is 2.49. The molecule has 1 heterocycles. The van der Waals surface area contributed by atoms with Crippen LogP contribution in [0.1, 0.15) is 44.9 Å². The summed E-state index contributed by atoms with van der Waals surface area (Å²) in [6.07, 6.45) is 6.67. The van der Waals surface area contributed by atoms with Gasteiger partial charge in [0, 0.05) is 18.6 Å². The molecule has 3 rings (SSSR count). The predicted octanol–water partition coefficient (Wildman–Crippen LogP) is 1.28. The van der Waals surface area contributed by atoms with Gasteiger partial charge >= 0.3 is 12.0 Å². The lowest BCUT2D eigenvalue weighted by molar-refractivity contribution is -0.141.